The Labute approximate surface area is 305 Å². The van der Waals surface area contributed by atoms with Crippen LogP contribution in [0.4, 0.5) is 10.8 Å². The zero-order valence-corrected chi connectivity index (χ0v) is 30.7. The molecule has 272 valence electrons. The Hall–Kier alpha value is -4.62. The van der Waals surface area contributed by atoms with Crippen LogP contribution in [0.3, 0.4) is 0 Å². The van der Waals surface area contributed by atoms with E-state index in [0.717, 1.165) is 22.2 Å². The second kappa shape index (κ2) is 16.2. The highest BCUT2D eigenvalue weighted by atomic mass is 35.5. The van der Waals surface area contributed by atoms with E-state index < -0.39 is 35.5 Å². The van der Waals surface area contributed by atoms with Gasteiger partial charge < -0.3 is 30.1 Å². The van der Waals surface area contributed by atoms with Gasteiger partial charge in [0.1, 0.15) is 24.2 Å². The highest BCUT2D eigenvalue weighted by Crippen LogP contribution is 2.39. The van der Waals surface area contributed by atoms with Crippen LogP contribution in [0.5, 0.6) is 0 Å². The number of anilines is 1. The van der Waals surface area contributed by atoms with E-state index in [4.69, 9.17) is 32.4 Å². The molecule has 0 spiro atoms. The number of fused-ring (bicyclic) bond motifs is 3. The minimum Gasteiger partial charge on any atom is -0.445 e. The molecular weight excluding hydrogens is 697 g/mol. The smallest absolute Gasteiger partial charge is 0.408 e. The maximum Gasteiger partial charge on any atom is 0.408 e. The fourth-order valence-electron chi connectivity index (χ4n) is 6.26. The van der Waals surface area contributed by atoms with Crippen molar-refractivity contribution in [3.8, 4) is 0 Å². The second-order valence-electron chi connectivity index (χ2n) is 13.2. The third-order valence-electron chi connectivity index (χ3n) is 9.57. The molecule has 0 aliphatic heterocycles. The van der Waals surface area contributed by atoms with Crippen molar-refractivity contribution in [2.45, 2.75) is 91.0 Å². The van der Waals surface area contributed by atoms with Crippen LogP contribution in [0, 0.1) is 11.8 Å². The van der Waals surface area contributed by atoms with Gasteiger partial charge in [0.25, 0.3) is 0 Å². The zero-order valence-electron chi connectivity index (χ0n) is 29.2. The summed E-state index contributed by atoms with van der Waals surface area (Å²) < 4.78 is 11.2. The molecule has 2 unspecified atom stereocenters. The lowest BCUT2D eigenvalue weighted by molar-refractivity contribution is -0.136. The molecule has 1 aliphatic carbocycles. The third kappa shape index (κ3) is 8.65. The van der Waals surface area contributed by atoms with Crippen molar-refractivity contribution in [1.29, 1.82) is 0 Å². The number of aromatic amines is 1. The van der Waals surface area contributed by atoms with Crippen molar-refractivity contribution < 1.29 is 28.3 Å². The first-order chi connectivity index (χ1) is 24.3. The molecule has 5 atom stereocenters. The first-order valence-electron chi connectivity index (χ1n) is 17.0. The topological polar surface area (TPSA) is 180 Å². The van der Waals surface area contributed by atoms with Gasteiger partial charge in [-0.2, -0.15) is 0 Å². The Morgan fingerprint density at radius 1 is 1.02 bits per heavy atom. The van der Waals surface area contributed by atoms with Crippen LogP contribution in [0.25, 0.3) is 10.9 Å². The largest absolute Gasteiger partial charge is 0.445 e. The Bertz CT molecular complexity index is 1900. The molecule has 4 aromatic rings. The van der Waals surface area contributed by atoms with Crippen LogP contribution in [-0.2, 0) is 38.6 Å². The number of amides is 4. The lowest BCUT2D eigenvalue weighted by Crippen LogP contribution is -2.65. The average Bonchev–Trinajstić information content (AvgIpc) is 3.72. The number of ether oxygens (including phenoxy) is 1. The molecule has 15 heteroatoms. The molecule has 5 rings (SSSR count). The third-order valence-corrected chi connectivity index (χ3v) is 10.1. The van der Waals surface area contributed by atoms with Gasteiger partial charge in [-0.15, -0.1) is 5.10 Å². The number of alkyl carbamates (subject to hydrolysis) is 1. The summed E-state index contributed by atoms with van der Waals surface area (Å²) in [5.74, 6) is -1.79. The Kier molecular flexibility index (Phi) is 11.9. The van der Waals surface area contributed by atoms with Crippen LogP contribution in [0.1, 0.15) is 82.6 Å². The molecule has 0 saturated carbocycles. The Balaban J connectivity index is 1.48. The van der Waals surface area contributed by atoms with Crippen molar-refractivity contribution in [3.63, 3.8) is 0 Å². The summed E-state index contributed by atoms with van der Waals surface area (Å²) in [5.41, 5.74) is 1.66. The number of aryl methyl sites for hydroxylation is 1. The maximum atomic E-state index is 14.7. The second-order valence-corrected chi connectivity index (χ2v) is 14.0. The van der Waals surface area contributed by atoms with E-state index in [2.05, 4.69) is 36.4 Å². The number of hydrogen-bond donors (Lipinski definition) is 5. The Morgan fingerprint density at radius 3 is 2.43 bits per heavy atom. The number of hydrogen-bond acceptors (Lipinski definition) is 8. The minimum atomic E-state index is -1.48. The molecule has 2 aromatic heterocycles. The van der Waals surface area contributed by atoms with E-state index in [1.807, 2.05) is 58.0 Å². The van der Waals surface area contributed by atoms with Gasteiger partial charge in [0, 0.05) is 29.4 Å². The fraction of sp³-hybridized carbons (Fsp3) is 0.444. The summed E-state index contributed by atoms with van der Waals surface area (Å²) >= 11 is 13.0. The number of carbonyl (C=O) groups excluding carboxylic acids is 4. The number of halogens is 2. The minimum absolute atomic E-state index is 0.0264. The predicted octanol–water partition coefficient (Wildman–Crippen LogP) is 6.40. The van der Waals surface area contributed by atoms with Crippen molar-refractivity contribution in [1.82, 2.24) is 31.1 Å². The monoisotopic (exact) mass is 739 g/mol. The molecule has 0 saturated heterocycles. The number of carbonyl (C=O) groups is 4. The average molecular weight is 741 g/mol. The number of nitrogens with zero attached hydrogens (tertiary/aromatic N) is 2. The number of nitrogens with one attached hydrogen (secondary N) is 5. The highest BCUT2D eigenvalue weighted by Gasteiger charge is 2.47. The molecule has 0 fully saturated rings. The first kappa shape index (κ1) is 37.6. The predicted molar refractivity (Wildman–Crippen MR) is 193 cm³/mol. The summed E-state index contributed by atoms with van der Waals surface area (Å²) in [6, 6.07) is 10.8. The van der Waals surface area contributed by atoms with Crippen molar-refractivity contribution in [3.05, 3.63) is 75.2 Å². The van der Waals surface area contributed by atoms with Crippen molar-refractivity contribution in [2.24, 2.45) is 11.8 Å². The van der Waals surface area contributed by atoms with Crippen molar-refractivity contribution in [2.75, 3.05) is 5.32 Å². The molecule has 0 radical (unpaired) electrons. The summed E-state index contributed by atoms with van der Waals surface area (Å²) in [5, 5.41) is 21.0. The van der Waals surface area contributed by atoms with Gasteiger partial charge >= 0.3 is 12.1 Å². The van der Waals surface area contributed by atoms with Gasteiger partial charge in [-0.25, -0.2) is 4.79 Å². The van der Waals surface area contributed by atoms with Gasteiger partial charge in [0.2, 0.25) is 23.6 Å². The normalized spacial score (nSPS) is 17.8. The van der Waals surface area contributed by atoms with E-state index in [1.54, 1.807) is 12.1 Å². The number of rotatable bonds is 13. The van der Waals surface area contributed by atoms with Crippen molar-refractivity contribution >= 4 is 63.9 Å². The highest BCUT2D eigenvalue weighted by molar-refractivity contribution is 6.38. The quantitative estimate of drug-likeness (QED) is 0.104. The van der Waals surface area contributed by atoms with E-state index in [1.165, 1.54) is 6.92 Å². The molecular formula is C36H43Cl2N7O6. The molecule has 0 bridgehead atoms. The van der Waals surface area contributed by atoms with Gasteiger partial charge in [0.15, 0.2) is 0 Å². The Morgan fingerprint density at radius 2 is 1.75 bits per heavy atom. The molecule has 1 aliphatic rings. The van der Waals surface area contributed by atoms with Crippen LogP contribution < -0.4 is 21.3 Å². The number of benzene rings is 2. The van der Waals surface area contributed by atoms with E-state index in [0.29, 0.717) is 34.8 Å². The molecule has 5 N–H and O–H groups in total. The van der Waals surface area contributed by atoms with Gasteiger partial charge in [0.05, 0.1) is 10.5 Å². The van der Waals surface area contributed by atoms with Gasteiger partial charge in [-0.1, -0.05) is 99.2 Å². The first-order valence-corrected chi connectivity index (χ1v) is 17.8. The van der Waals surface area contributed by atoms with E-state index >= 15 is 0 Å². The zero-order chi connectivity index (χ0) is 36.9. The van der Waals surface area contributed by atoms with E-state index in [9.17, 15) is 19.2 Å². The molecule has 2 heterocycles. The van der Waals surface area contributed by atoms with E-state index in [-0.39, 0.29) is 49.1 Å². The lowest BCUT2D eigenvalue weighted by Gasteiger charge is -2.39. The lowest BCUT2D eigenvalue weighted by atomic mass is 9.78. The van der Waals surface area contributed by atoms with Crippen LogP contribution in [-0.4, -0.2) is 50.6 Å². The van der Waals surface area contributed by atoms with Gasteiger partial charge in [-0.3, -0.25) is 19.7 Å². The molecule has 2 aromatic carbocycles. The van der Waals surface area contributed by atoms with Crippen LogP contribution in [0.2, 0.25) is 10.0 Å². The number of aromatic nitrogens is 3. The maximum absolute atomic E-state index is 14.7. The number of H-pyrrole nitrogens is 1. The summed E-state index contributed by atoms with van der Waals surface area (Å²) in [7, 11) is 0. The summed E-state index contributed by atoms with van der Waals surface area (Å²) in [6.07, 6.45) is 1.15. The van der Waals surface area contributed by atoms with Gasteiger partial charge in [-0.05, 0) is 47.9 Å². The molecule has 4 amide bonds. The SMILES string of the molecule is CCC(C)C(NC(=O)OCc1ccccc1)C(=O)N[C@]1(C(=O)N[C@H](c2nnc(NC(C)=O)o2)[C@@H](C)CC)CCc2[nH]c3c(Cl)cc(Cl)cc3c2C1. The summed E-state index contributed by atoms with van der Waals surface area (Å²) in [4.78, 5) is 57.0. The van der Waals surface area contributed by atoms with Crippen LogP contribution in [0.15, 0.2) is 46.9 Å². The summed E-state index contributed by atoms with van der Waals surface area (Å²) in [6.45, 7) is 8.98. The van der Waals surface area contributed by atoms with Crippen LogP contribution >= 0.6 is 23.2 Å². The fourth-order valence-corrected chi connectivity index (χ4v) is 6.80. The molecule has 13 nitrogen and oxygen atoms in total. The standard InChI is InChI=1S/C36H43Cl2N7O6/c1-6-19(3)28(42-35(49)50-18-22-11-9-8-10-12-22)31(47)43-36(14-13-27-25(17-36)24-15-23(37)16-26(38)30(24)40-27)33(48)41-29(20(4)7-2)32-44-45-34(51-32)39-21(5)46/h8-12,15-16,19-20,28-29,40H,6-7,13-14,17-18H2,1-5H3,(H,41,48)(H,42,49)(H,43,47)(H,39,45,46)/t19?,20-,28?,29-,36+/m0/s1. The molecule has 51 heavy (non-hydrogen) atoms.